The Morgan fingerprint density at radius 3 is 1.94 bits per heavy atom. The Balaban J connectivity index is 2.42. The lowest BCUT2D eigenvalue weighted by atomic mass is 10.1. The summed E-state index contributed by atoms with van der Waals surface area (Å²) in [5.74, 6) is 0. The van der Waals surface area contributed by atoms with Crippen molar-refractivity contribution < 1.29 is 0 Å². The summed E-state index contributed by atoms with van der Waals surface area (Å²) in [4.78, 5) is 0. The van der Waals surface area contributed by atoms with Crippen LogP contribution in [0.3, 0.4) is 0 Å². The third-order valence-electron chi connectivity index (χ3n) is 2.68. The molecule has 0 unspecified atom stereocenters. The Morgan fingerprint density at radius 1 is 0.556 bits per heavy atom. The van der Waals surface area contributed by atoms with Crippen molar-refractivity contribution in [2.24, 2.45) is 0 Å². The van der Waals surface area contributed by atoms with Crippen molar-refractivity contribution >= 4 is 0 Å². The van der Waals surface area contributed by atoms with E-state index < -0.39 is 0 Å². The summed E-state index contributed by atoms with van der Waals surface area (Å²) in [5.41, 5.74) is 0. The summed E-state index contributed by atoms with van der Waals surface area (Å²) in [6.07, 6.45) is 33.5. The third kappa shape index (κ3) is 9.65. The highest BCUT2D eigenvalue weighted by atomic mass is 13.9. The van der Waals surface area contributed by atoms with Gasteiger partial charge in [0.1, 0.15) is 0 Å². The molecule has 0 aromatic carbocycles. The molecule has 0 saturated carbocycles. The van der Waals surface area contributed by atoms with E-state index in [1.807, 2.05) is 42.5 Å². The van der Waals surface area contributed by atoms with Crippen LogP contribution >= 0.6 is 0 Å². The van der Waals surface area contributed by atoms with Crippen LogP contribution in [0, 0.1) is 6.08 Å². The average Bonchev–Trinajstić information content (AvgIpc) is 2.39. The summed E-state index contributed by atoms with van der Waals surface area (Å²) in [5, 5.41) is 0. The molecule has 0 saturated heterocycles. The quantitative estimate of drug-likeness (QED) is 0.525. The van der Waals surface area contributed by atoms with E-state index in [0.29, 0.717) is 0 Å². The van der Waals surface area contributed by atoms with Crippen LogP contribution in [0.25, 0.3) is 0 Å². The highest BCUT2D eigenvalue weighted by molar-refractivity contribution is 5.19. The van der Waals surface area contributed by atoms with Gasteiger partial charge in [0.25, 0.3) is 0 Å². The van der Waals surface area contributed by atoms with E-state index in [-0.39, 0.29) is 0 Å². The number of allylic oxidation sites excluding steroid dienone is 12. The first-order chi connectivity index (χ1) is 9.00. The SMILES string of the molecule is [C]1=C/C=C/C=C\C=C\C=C\C=C/CCCCCC/1. The maximum atomic E-state index is 3.30. The molecule has 0 spiro atoms. The predicted molar refractivity (Wildman–Crippen MR) is 81.2 cm³/mol. The first kappa shape index (κ1) is 14.5. The molecule has 0 amide bonds. The van der Waals surface area contributed by atoms with E-state index in [2.05, 4.69) is 30.4 Å². The molecule has 0 N–H and O–H groups in total. The largest absolute Gasteiger partial charge is 0.0845 e. The molecule has 0 nitrogen and oxygen atoms in total. The van der Waals surface area contributed by atoms with Crippen LogP contribution in [0.15, 0.2) is 66.8 Å². The summed E-state index contributed by atoms with van der Waals surface area (Å²) < 4.78 is 0. The molecule has 18 heavy (non-hydrogen) atoms. The summed E-state index contributed by atoms with van der Waals surface area (Å²) in [6, 6.07) is 0. The van der Waals surface area contributed by atoms with Gasteiger partial charge >= 0.3 is 0 Å². The standard InChI is InChI=1S/C18H23/c1-2-4-6-8-10-12-14-16-18-17-15-13-11-9-7-5-3-1/h1-11H,12,14-18H2/b2-1+,5-3-,6-4+,9-7+,10-8-,13-11?. The van der Waals surface area contributed by atoms with Gasteiger partial charge in [-0.25, -0.2) is 0 Å². The summed E-state index contributed by atoms with van der Waals surface area (Å²) >= 11 is 0. The lowest BCUT2D eigenvalue weighted by Gasteiger charge is -1.96. The van der Waals surface area contributed by atoms with Crippen LogP contribution in [0.4, 0.5) is 0 Å². The predicted octanol–water partition coefficient (Wildman–Crippen LogP) is 5.48. The van der Waals surface area contributed by atoms with Crippen molar-refractivity contribution in [2.75, 3.05) is 0 Å². The molecule has 1 aliphatic rings. The van der Waals surface area contributed by atoms with Crippen molar-refractivity contribution in [1.82, 2.24) is 0 Å². The lowest BCUT2D eigenvalue weighted by Crippen LogP contribution is -1.76. The van der Waals surface area contributed by atoms with Crippen molar-refractivity contribution in [3.63, 3.8) is 0 Å². The normalized spacial score (nSPS) is 29.3. The van der Waals surface area contributed by atoms with Gasteiger partial charge in [-0.05, 0) is 31.8 Å². The molecule has 0 atom stereocenters. The molecule has 0 aromatic rings. The van der Waals surface area contributed by atoms with Gasteiger partial charge in [-0.2, -0.15) is 0 Å². The highest BCUT2D eigenvalue weighted by Crippen LogP contribution is 2.06. The second kappa shape index (κ2) is 11.9. The number of rotatable bonds is 0. The van der Waals surface area contributed by atoms with E-state index in [4.69, 9.17) is 0 Å². The fourth-order valence-electron chi connectivity index (χ4n) is 1.67. The molecule has 0 aromatic heterocycles. The molecule has 1 radical (unpaired) electrons. The Bertz CT molecular complexity index is 312. The second-order valence-electron chi connectivity index (χ2n) is 4.29. The van der Waals surface area contributed by atoms with Gasteiger partial charge in [-0.3, -0.25) is 0 Å². The Hall–Kier alpha value is -1.56. The van der Waals surface area contributed by atoms with Crippen LogP contribution in [0.5, 0.6) is 0 Å². The lowest BCUT2D eigenvalue weighted by molar-refractivity contribution is 0.649. The topological polar surface area (TPSA) is 0 Å². The van der Waals surface area contributed by atoms with Crippen LogP contribution < -0.4 is 0 Å². The smallest absolute Gasteiger partial charge is 0.0276 e. The first-order valence-corrected chi connectivity index (χ1v) is 6.88. The molecule has 95 valence electrons. The zero-order valence-electron chi connectivity index (χ0n) is 11.1. The minimum atomic E-state index is 1.08. The van der Waals surface area contributed by atoms with E-state index in [0.717, 1.165) is 6.42 Å². The fourth-order valence-corrected chi connectivity index (χ4v) is 1.67. The van der Waals surface area contributed by atoms with Crippen molar-refractivity contribution in [3.8, 4) is 0 Å². The van der Waals surface area contributed by atoms with Crippen LogP contribution in [0.2, 0.25) is 0 Å². The van der Waals surface area contributed by atoms with Gasteiger partial charge in [-0.15, -0.1) is 0 Å². The van der Waals surface area contributed by atoms with Gasteiger partial charge in [-0.1, -0.05) is 79.7 Å². The zero-order chi connectivity index (χ0) is 12.7. The monoisotopic (exact) mass is 239 g/mol. The van der Waals surface area contributed by atoms with Gasteiger partial charge < -0.3 is 0 Å². The van der Waals surface area contributed by atoms with E-state index in [1.54, 1.807) is 0 Å². The third-order valence-corrected chi connectivity index (χ3v) is 2.68. The van der Waals surface area contributed by atoms with Crippen molar-refractivity contribution in [3.05, 3.63) is 72.9 Å². The number of hydrogen-bond donors (Lipinski definition) is 0. The minimum absolute atomic E-state index is 1.08. The number of hydrogen-bond acceptors (Lipinski definition) is 0. The summed E-state index contributed by atoms with van der Waals surface area (Å²) in [7, 11) is 0. The van der Waals surface area contributed by atoms with E-state index >= 15 is 0 Å². The van der Waals surface area contributed by atoms with Gasteiger partial charge in [0.2, 0.25) is 0 Å². The van der Waals surface area contributed by atoms with Crippen LogP contribution in [0.1, 0.15) is 38.5 Å². The Kier molecular flexibility index (Phi) is 9.60. The minimum Gasteiger partial charge on any atom is -0.0845 e. The van der Waals surface area contributed by atoms with Gasteiger partial charge in [0.15, 0.2) is 0 Å². The molecule has 1 aliphatic carbocycles. The maximum absolute atomic E-state index is 3.30. The molecule has 0 fully saturated rings. The Labute approximate surface area is 112 Å². The highest BCUT2D eigenvalue weighted by Gasteiger charge is 1.87. The van der Waals surface area contributed by atoms with Gasteiger partial charge in [0, 0.05) is 0 Å². The van der Waals surface area contributed by atoms with Crippen molar-refractivity contribution in [2.45, 2.75) is 38.5 Å². The molecular weight excluding hydrogens is 216 g/mol. The fraction of sp³-hybridized carbons (Fsp3) is 0.333. The molecule has 0 aliphatic heterocycles. The Morgan fingerprint density at radius 2 is 1.17 bits per heavy atom. The molecule has 0 heterocycles. The first-order valence-electron chi connectivity index (χ1n) is 6.88. The second-order valence-corrected chi connectivity index (χ2v) is 4.29. The maximum Gasteiger partial charge on any atom is -0.0276 e. The van der Waals surface area contributed by atoms with Crippen LogP contribution in [-0.2, 0) is 0 Å². The van der Waals surface area contributed by atoms with Gasteiger partial charge in [0.05, 0.1) is 0 Å². The van der Waals surface area contributed by atoms with Crippen LogP contribution in [-0.4, -0.2) is 0 Å². The van der Waals surface area contributed by atoms with E-state index in [1.165, 1.54) is 32.1 Å². The molecule has 0 heteroatoms. The van der Waals surface area contributed by atoms with E-state index in [9.17, 15) is 0 Å². The van der Waals surface area contributed by atoms with Crippen molar-refractivity contribution in [1.29, 1.82) is 0 Å². The molecule has 1 rings (SSSR count). The molecular formula is C18H23. The molecule has 0 bridgehead atoms. The average molecular weight is 239 g/mol. The summed E-state index contributed by atoms with van der Waals surface area (Å²) in [6.45, 7) is 0. The zero-order valence-corrected chi connectivity index (χ0v) is 11.1.